The van der Waals surface area contributed by atoms with Gasteiger partial charge < -0.3 is 20.3 Å². The molecule has 0 aromatic carbocycles. The summed E-state index contributed by atoms with van der Waals surface area (Å²) in [6.07, 6.45) is 4.03. The summed E-state index contributed by atoms with van der Waals surface area (Å²) in [7, 11) is 0. The summed E-state index contributed by atoms with van der Waals surface area (Å²) in [6.45, 7) is 18.9. The van der Waals surface area contributed by atoms with Crippen molar-refractivity contribution in [2.75, 3.05) is 39.3 Å². The van der Waals surface area contributed by atoms with Crippen molar-refractivity contribution in [3.05, 3.63) is 70.9 Å². The minimum Gasteiger partial charge on any atom is -0.482 e. The number of carbonyl (C=O) groups is 1. The van der Waals surface area contributed by atoms with Gasteiger partial charge in [0.1, 0.15) is 12.3 Å². The van der Waals surface area contributed by atoms with E-state index in [1.807, 2.05) is 45.6 Å². The van der Waals surface area contributed by atoms with Crippen LogP contribution in [0.2, 0.25) is 0 Å². The number of amides is 1. The van der Waals surface area contributed by atoms with Gasteiger partial charge >= 0.3 is 6.18 Å². The molecule has 0 saturated carbocycles. The van der Waals surface area contributed by atoms with Gasteiger partial charge in [0.2, 0.25) is 5.91 Å². The maximum absolute atomic E-state index is 13.1. The maximum Gasteiger partial charge on any atom is 0.422 e. The molecule has 1 heterocycles. The van der Waals surface area contributed by atoms with Crippen LogP contribution in [0.1, 0.15) is 48.0 Å². The van der Waals surface area contributed by atoms with E-state index in [0.29, 0.717) is 49.0 Å². The van der Waals surface area contributed by atoms with E-state index >= 15 is 0 Å². The number of alkyl halides is 3. The first-order chi connectivity index (χ1) is 19.2. The van der Waals surface area contributed by atoms with Gasteiger partial charge in [0, 0.05) is 60.3 Å². The van der Waals surface area contributed by atoms with Crippen LogP contribution < -0.4 is 5.73 Å². The second-order valence-electron chi connectivity index (χ2n) is 8.88. The molecule has 1 fully saturated rings. The number of piperazine rings is 1. The number of hydrogen-bond donors (Lipinski definition) is 1. The van der Waals surface area contributed by atoms with Gasteiger partial charge in [0.15, 0.2) is 6.61 Å². The molecule has 0 radical (unpaired) electrons. The Morgan fingerprint density at radius 3 is 2.24 bits per heavy atom. The molecule has 0 aromatic rings. The lowest BCUT2D eigenvalue weighted by Gasteiger charge is -2.37. The number of ether oxygens (including phenoxy) is 1. The third kappa shape index (κ3) is 14.1. The standard InChI is InChI=1S/C25H33Cl2F3N4O2.C2H5N.C2H6/c1-6-17(2)19(4)31-34(20(5)18(3)26)15-24(35)33-12-10-32(11-13-33)21-8-7-9-22(27)23(14-21)36-16-25(28,29)30;1-2-3;1-2/h6,8-9,14,17H,1,7,10-13,15-16H2,2-5H3;2H,1,3H2;1-2H3/b20-18+,31-19+;;. The van der Waals surface area contributed by atoms with Gasteiger partial charge in [-0.2, -0.15) is 18.3 Å². The summed E-state index contributed by atoms with van der Waals surface area (Å²) in [5.41, 5.74) is 6.81. The molecule has 7 nitrogen and oxygen atoms in total. The highest BCUT2D eigenvalue weighted by atomic mass is 35.5. The average molecular weight is 623 g/mol. The highest BCUT2D eigenvalue weighted by Crippen LogP contribution is 2.27. The van der Waals surface area contributed by atoms with E-state index in [1.54, 1.807) is 29.0 Å². The third-order valence-corrected chi connectivity index (χ3v) is 6.60. The van der Waals surface area contributed by atoms with Crippen molar-refractivity contribution in [2.45, 2.75) is 54.1 Å². The lowest BCUT2D eigenvalue weighted by Crippen LogP contribution is -2.50. The van der Waals surface area contributed by atoms with Crippen molar-refractivity contribution >= 4 is 34.8 Å². The first-order valence-electron chi connectivity index (χ1n) is 13.3. The van der Waals surface area contributed by atoms with E-state index in [-0.39, 0.29) is 29.2 Å². The Kier molecular flexibility index (Phi) is 18.0. The van der Waals surface area contributed by atoms with Crippen LogP contribution in [-0.4, -0.2) is 71.9 Å². The summed E-state index contributed by atoms with van der Waals surface area (Å²) in [6, 6.07) is 0. The molecule has 1 saturated heterocycles. The van der Waals surface area contributed by atoms with Crippen molar-refractivity contribution < 1.29 is 22.7 Å². The van der Waals surface area contributed by atoms with Gasteiger partial charge in [-0.1, -0.05) is 68.8 Å². The summed E-state index contributed by atoms with van der Waals surface area (Å²) in [5.74, 6) is -0.0740. The Bertz CT molecular complexity index is 1020. The van der Waals surface area contributed by atoms with Crippen LogP contribution in [0, 0.1) is 5.92 Å². The van der Waals surface area contributed by atoms with Gasteiger partial charge in [0.05, 0.1) is 5.03 Å². The summed E-state index contributed by atoms with van der Waals surface area (Å²) >= 11 is 12.3. The van der Waals surface area contributed by atoms with Gasteiger partial charge in [-0.25, -0.2) is 0 Å². The lowest BCUT2D eigenvalue weighted by molar-refractivity contribution is -0.163. The number of nitrogens with two attached hydrogens (primary N) is 1. The van der Waals surface area contributed by atoms with E-state index < -0.39 is 12.8 Å². The highest BCUT2D eigenvalue weighted by molar-refractivity contribution is 6.31. The van der Waals surface area contributed by atoms with Gasteiger partial charge in [-0.15, -0.1) is 6.58 Å². The van der Waals surface area contributed by atoms with Crippen LogP contribution >= 0.6 is 23.2 Å². The molecular formula is C29H44Cl2F3N5O2. The van der Waals surface area contributed by atoms with Crippen LogP contribution in [0.4, 0.5) is 13.2 Å². The number of hydrogen-bond acceptors (Lipinski definition) is 6. The molecule has 41 heavy (non-hydrogen) atoms. The molecule has 1 aliphatic carbocycles. The first kappa shape index (κ1) is 38.1. The molecule has 0 bridgehead atoms. The van der Waals surface area contributed by atoms with Crippen LogP contribution in [0.3, 0.4) is 0 Å². The highest BCUT2D eigenvalue weighted by Gasteiger charge is 2.30. The fraction of sp³-hybridized carbons (Fsp3) is 0.517. The van der Waals surface area contributed by atoms with Crippen LogP contribution in [-0.2, 0) is 9.53 Å². The Morgan fingerprint density at radius 2 is 1.76 bits per heavy atom. The zero-order valence-electron chi connectivity index (χ0n) is 24.9. The van der Waals surface area contributed by atoms with Gasteiger partial charge in [-0.3, -0.25) is 9.80 Å². The normalized spacial score (nSPS) is 17.0. The molecule has 2 rings (SSSR count). The minimum absolute atomic E-state index is 0.0208. The number of hydrazone groups is 1. The third-order valence-electron chi connectivity index (χ3n) is 5.99. The Hall–Kier alpha value is -2.85. The van der Waals surface area contributed by atoms with Crippen LogP contribution in [0.15, 0.2) is 76.0 Å². The summed E-state index contributed by atoms with van der Waals surface area (Å²) in [4.78, 5) is 16.8. The SMILES string of the molecule is C=CC(C)/C(C)=N/N(CC(=O)N1CCN(C2=CCC=C(Cl)C(OCC(F)(F)F)=C2)CC1)/C(C)=C(\C)Cl.C=CN.CC. The second kappa shape index (κ2) is 19.3. The second-order valence-corrected chi connectivity index (χ2v) is 9.85. The Balaban J connectivity index is 0.00000299. The van der Waals surface area contributed by atoms with E-state index in [0.717, 1.165) is 5.71 Å². The fourth-order valence-electron chi connectivity index (χ4n) is 3.44. The number of halogens is 5. The molecule has 2 aliphatic rings. The van der Waals surface area contributed by atoms with E-state index in [4.69, 9.17) is 27.9 Å². The van der Waals surface area contributed by atoms with E-state index in [1.165, 1.54) is 12.3 Å². The lowest BCUT2D eigenvalue weighted by atomic mass is 10.1. The fourth-order valence-corrected chi connectivity index (χ4v) is 3.73. The molecule has 0 spiro atoms. The Morgan fingerprint density at radius 1 is 1.20 bits per heavy atom. The van der Waals surface area contributed by atoms with Crippen LogP contribution in [0.25, 0.3) is 0 Å². The monoisotopic (exact) mass is 621 g/mol. The number of allylic oxidation sites excluding steroid dienone is 7. The van der Waals surface area contributed by atoms with Crippen molar-refractivity contribution in [3.8, 4) is 0 Å². The largest absolute Gasteiger partial charge is 0.482 e. The predicted octanol–water partition coefficient (Wildman–Crippen LogP) is 7.11. The summed E-state index contributed by atoms with van der Waals surface area (Å²) < 4.78 is 42.8. The predicted molar refractivity (Wildman–Crippen MR) is 164 cm³/mol. The van der Waals surface area contributed by atoms with Gasteiger partial charge in [-0.05, 0) is 33.4 Å². The number of rotatable bonds is 9. The van der Waals surface area contributed by atoms with E-state index in [9.17, 15) is 18.0 Å². The molecule has 1 aliphatic heterocycles. The number of carbonyl (C=O) groups excluding carboxylic acids is 1. The van der Waals surface area contributed by atoms with E-state index in [2.05, 4.69) is 24.0 Å². The first-order valence-corrected chi connectivity index (χ1v) is 14.1. The topological polar surface area (TPSA) is 74.4 Å². The molecule has 232 valence electrons. The smallest absolute Gasteiger partial charge is 0.422 e. The molecule has 1 atom stereocenters. The summed E-state index contributed by atoms with van der Waals surface area (Å²) in [5, 5.41) is 6.89. The Labute approximate surface area is 253 Å². The molecular weight excluding hydrogens is 578 g/mol. The van der Waals surface area contributed by atoms with Crippen molar-refractivity contribution in [1.29, 1.82) is 0 Å². The molecule has 1 unspecified atom stereocenters. The maximum atomic E-state index is 13.1. The molecule has 2 N–H and O–H groups in total. The van der Waals surface area contributed by atoms with Gasteiger partial charge in [0.25, 0.3) is 0 Å². The van der Waals surface area contributed by atoms with Crippen LogP contribution in [0.5, 0.6) is 0 Å². The average Bonchev–Trinajstić information content (AvgIpc) is 3.12. The molecule has 1 amide bonds. The molecule has 0 aromatic heterocycles. The number of nitrogens with zero attached hydrogens (tertiary/aromatic N) is 4. The zero-order valence-corrected chi connectivity index (χ0v) is 26.4. The molecule has 12 heteroatoms. The van der Waals surface area contributed by atoms with Crippen molar-refractivity contribution in [2.24, 2.45) is 16.8 Å². The minimum atomic E-state index is -4.46. The quantitative estimate of drug-likeness (QED) is 0.169. The van der Waals surface area contributed by atoms with Crippen molar-refractivity contribution in [3.63, 3.8) is 0 Å². The van der Waals surface area contributed by atoms with Crippen molar-refractivity contribution in [1.82, 2.24) is 14.8 Å². The zero-order chi connectivity index (χ0) is 31.8.